The Labute approximate surface area is 158 Å². The summed E-state index contributed by atoms with van der Waals surface area (Å²) in [7, 11) is 0. The van der Waals surface area contributed by atoms with Crippen molar-refractivity contribution in [2.24, 2.45) is 0 Å². The maximum absolute atomic E-state index is 12.1. The average molecular weight is 369 g/mol. The molecule has 0 fully saturated rings. The SMILES string of the molecule is C[C@H](OC(=O)COc1ccccc1C=O)C(=O)NC[C@@H](C)c1ccccc1. The van der Waals surface area contributed by atoms with Crippen LogP contribution in [0.2, 0.25) is 0 Å². The highest BCUT2D eigenvalue weighted by atomic mass is 16.6. The Morgan fingerprint density at radius 3 is 2.41 bits per heavy atom. The lowest BCUT2D eigenvalue weighted by Crippen LogP contribution is -2.38. The molecule has 27 heavy (non-hydrogen) atoms. The van der Waals surface area contributed by atoms with Gasteiger partial charge in [0.1, 0.15) is 5.75 Å². The standard InChI is InChI=1S/C21H23NO5/c1-15(17-8-4-3-5-9-17)12-22-21(25)16(2)27-20(24)14-26-19-11-7-6-10-18(19)13-23/h3-11,13,15-16H,12,14H2,1-2H3,(H,22,25)/t15-,16+/m1/s1. The molecule has 2 aromatic rings. The molecule has 1 amide bonds. The number of nitrogens with one attached hydrogen (secondary N) is 1. The van der Waals surface area contributed by atoms with Gasteiger partial charge >= 0.3 is 5.97 Å². The van der Waals surface area contributed by atoms with Gasteiger partial charge in [-0.1, -0.05) is 49.4 Å². The summed E-state index contributed by atoms with van der Waals surface area (Å²) in [5.41, 5.74) is 1.45. The monoisotopic (exact) mass is 369 g/mol. The van der Waals surface area contributed by atoms with Crippen LogP contribution in [0, 0.1) is 0 Å². The number of hydrogen-bond donors (Lipinski definition) is 1. The minimum absolute atomic E-state index is 0.140. The van der Waals surface area contributed by atoms with Crippen molar-refractivity contribution in [1.29, 1.82) is 0 Å². The smallest absolute Gasteiger partial charge is 0.344 e. The van der Waals surface area contributed by atoms with Gasteiger partial charge in [-0.05, 0) is 30.5 Å². The summed E-state index contributed by atoms with van der Waals surface area (Å²) in [6, 6.07) is 16.4. The van der Waals surface area contributed by atoms with Crippen molar-refractivity contribution in [2.75, 3.05) is 13.2 Å². The highest BCUT2D eigenvalue weighted by molar-refractivity contribution is 5.84. The van der Waals surface area contributed by atoms with Crippen molar-refractivity contribution in [3.8, 4) is 5.75 Å². The molecule has 0 radical (unpaired) electrons. The molecular formula is C21H23NO5. The first-order valence-corrected chi connectivity index (χ1v) is 8.70. The zero-order valence-electron chi connectivity index (χ0n) is 15.4. The summed E-state index contributed by atoms with van der Waals surface area (Å²) in [5, 5.41) is 2.77. The third kappa shape index (κ3) is 6.26. The van der Waals surface area contributed by atoms with Crippen LogP contribution in [-0.2, 0) is 14.3 Å². The molecule has 0 aliphatic rings. The van der Waals surface area contributed by atoms with Gasteiger partial charge in [-0.2, -0.15) is 0 Å². The number of hydrogen-bond acceptors (Lipinski definition) is 5. The number of rotatable bonds is 9. The van der Waals surface area contributed by atoms with Crippen molar-refractivity contribution >= 4 is 18.2 Å². The maximum Gasteiger partial charge on any atom is 0.344 e. The summed E-state index contributed by atoms with van der Waals surface area (Å²) in [4.78, 5) is 34.9. The lowest BCUT2D eigenvalue weighted by atomic mass is 10.0. The van der Waals surface area contributed by atoms with E-state index in [1.54, 1.807) is 24.3 Å². The average Bonchev–Trinajstić information content (AvgIpc) is 2.70. The van der Waals surface area contributed by atoms with Crippen molar-refractivity contribution < 1.29 is 23.9 Å². The van der Waals surface area contributed by atoms with E-state index in [2.05, 4.69) is 5.32 Å². The van der Waals surface area contributed by atoms with Gasteiger partial charge < -0.3 is 14.8 Å². The lowest BCUT2D eigenvalue weighted by molar-refractivity contribution is -0.156. The molecule has 0 saturated carbocycles. The van der Waals surface area contributed by atoms with Crippen LogP contribution in [0.1, 0.15) is 35.7 Å². The van der Waals surface area contributed by atoms with Gasteiger partial charge in [0.25, 0.3) is 5.91 Å². The zero-order chi connectivity index (χ0) is 19.6. The molecule has 2 atom stereocenters. The number of ether oxygens (including phenoxy) is 2. The first-order valence-electron chi connectivity index (χ1n) is 8.70. The molecule has 0 heterocycles. The molecule has 0 saturated heterocycles. The maximum atomic E-state index is 12.1. The number of carbonyl (C=O) groups is 3. The number of esters is 1. The first-order chi connectivity index (χ1) is 13.0. The van der Waals surface area contributed by atoms with Gasteiger partial charge in [0.15, 0.2) is 19.0 Å². The molecule has 1 N–H and O–H groups in total. The summed E-state index contributed by atoms with van der Waals surface area (Å²) in [6.07, 6.45) is -0.296. The second-order valence-corrected chi connectivity index (χ2v) is 6.13. The highest BCUT2D eigenvalue weighted by Gasteiger charge is 2.19. The minimum Gasteiger partial charge on any atom is -0.481 e. The molecule has 2 rings (SSSR count). The Balaban J connectivity index is 1.76. The molecule has 0 aliphatic heterocycles. The van der Waals surface area contributed by atoms with E-state index in [1.165, 1.54) is 6.92 Å². The second-order valence-electron chi connectivity index (χ2n) is 6.13. The van der Waals surface area contributed by atoms with Gasteiger partial charge in [-0.3, -0.25) is 9.59 Å². The van der Waals surface area contributed by atoms with Crippen molar-refractivity contribution in [3.05, 3.63) is 65.7 Å². The minimum atomic E-state index is -0.939. The number of benzene rings is 2. The van der Waals surface area contributed by atoms with Crippen LogP contribution < -0.4 is 10.1 Å². The first kappa shape index (κ1) is 20.2. The van der Waals surface area contributed by atoms with Gasteiger partial charge in [0, 0.05) is 6.54 Å². The summed E-state index contributed by atoms with van der Waals surface area (Å²) >= 11 is 0. The van der Waals surface area contributed by atoms with Gasteiger partial charge in [0.05, 0.1) is 5.56 Å². The fourth-order valence-corrected chi connectivity index (χ4v) is 2.43. The van der Waals surface area contributed by atoms with E-state index in [9.17, 15) is 14.4 Å². The van der Waals surface area contributed by atoms with Crippen molar-refractivity contribution in [1.82, 2.24) is 5.32 Å². The van der Waals surface area contributed by atoms with E-state index < -0.39 is 12.1 Å². The highest BCUT2D eigenvalue weighted by Crippen LogP contribution is 2.15. The molecule has 6 nitrogen and oxygen atoms in total. The second kappa shape index (κ2) is 10.1. The molecule has 0 aliphatic carbocycles. The van der Waals surface area contributed by atoms with Gasteiger partial charge in [0.2, 0.25) is 0 Å². The van der Waals surface area contributed by atoms with Crippen molar-refractivity contribution in [2.45, 2.75) is 25.9 Å². The van der Waals surface area contributed by atoms with Gasteiger partial charge in [-0.25, -0.2) is 4.79 Å². The number of carbonyl (C=O) groups excluding carboxylic acids is 3. The van der Waals surface area contributed by atoms with Crippen LogP contribution in [0.4, 0.5) is 0 Å². The third-order valence-corrected chi connectivity index (χ3v) is 4.02. The molecule has 0 spiro atoms. The van der Waals surface area contributed by atoms with E-state index in [0.29, 0.717) is 24.1 Å². The fourth-order valence-electron chi connectivity index (χ4n) is 2.43. The van der Waals surface area contributed by atoms with E-state index >= 15 is 0 Å². The Morgan fingerprint density at radius 1 is 1.04 bits per heavy atom. The van der Waals surface area contributed by atoms with Crippen LogP contribution in [0.5, 0.6) is 5.75 Å². The number of amides is 1. The molecule has 2 aromatic carbocycles. The Morgan fingerprint density at radius 2 is 1.70 bits per heavy atom. The molecular weight excluding hydrogens is 346 g/mol. The number of aldehydes is 1. The third-order valence-electron chi connectivity index (χ3n) is 4.02. The van der Waals surface area contributed by atoms with Crippen LogP contribution in [0.3, 0.4) is 0 Å². The quantitative estimate of drug-likeness (QED) is 0.543. The zero-order valence-corrected chi connectivity index (χ0v) is 15.4. The van der Waals surface area contributed by atoms with Crippen LogP contribution in [0.25, 0.3) is 0 Å². The summed E-state index contributed by atoms with van der Waals surface area (Å²) in [6.45, 7) is 3.56. The van der Waals surface area contributed by atoms with Crippen LogP contribution >= 0.6 is 0 Å². The van der Waals surface area contributed by atoms with E-state index in [4.69, 9.17) is 9.47 Å². The molecule has 0 aromatic heterocycles. The summed E-state index contributed by atoms with van der Waals surface area (Å²) in [5.74, 6) is -0.631. The topological polar surface area (TPSA) is 81.7 Å². The van der Waals surface area contributed by atoms with Crippen LogP contribution in [0.15, 0.2) is 54.6 Å². The Bertz CT molecular complexity index is 775. The number of para-hydroxylation sites is 1. The Kier molecular flexibility index (Phi) is 7.55. The largest absolute Gasteiger partial charge is 0.481 e. The van der Waals surface area contributed by atoms with Gasteiger partial charge in [-0.15, -0.1) is 0 Å². The van der Waals surface area contributed by atoms with Crippen LogP contribution in [-0.4, -0.2) is 37.4 Å². The van der Waals surface area contributed by atoms with E-state index in [1.807, 2.05) is 37.3 Å². The lowest BCUT2D eigenvalue weighted by Gasteiger charge is -2.17. The Hall–Kier alpha value is -3.15. The molecule has 142 valence electrons. The summed E-state index contributed by atoms with van der Waals surface area (Å²) < 4.78 is 10.4. The predicted molar refractivity (Wildman–Crippen MR) is 101 cm³/mol. The predicted octanol–water partition coefficient (Wildman–Crippen LogP) is 2.73. The molecule has 0 unspecified atom stereocenters. The molecule has 6 heteroatoms. The normalized spacial score (nSPS) is 12.5. The van der Waals surface area contributed by atoms with E-state index in [0.717, 1.165) is 5.56 Å². The molecule has 0 bridgehead atoms. The van der Waals surface area contributed by atoms with E-state index in [-0.39, 0.29) is 18.4 Å². The fraction of sp³-hybridized carbons (Fsp3) is 0.286. The van der Waals surface area contributed by atoms with Crippen molar-refractivity contribution in [3.63, 3.8) is 0 Å².